The normalized spacial score (nSPS) is 10.6. The molecule has 0 aliphatic rings. The highest BCUT2D eigenvalue weighted by Gasteiger charge is 2.04. The topological polar surface area (TPSA) is 64.9 Å². The number of aromatic hydroxyl groups is 1. The van der Waals surface area contributed by atoms with E-state index >= 15 is 0 Å². The number of benzene rings is 2. The first-order chi connectivity index (χ1) is 10.1. The predicted molar refractivity (Wildman–Crippen MR) is 83.9 cm³/mol. The minimum absolute atomic E-state index is 0.0471. The van der Waals surface area contributed by atoms with Gasteiger partial charge in [-0.25, -0.2) is 5.43 Å². The fourth-order valence-corrected chi connectivity index (χ4v) is 1.74. The molecule has 0 atom stereocenters. The summed E-state index contributed by atoms with van der Waals surface area (Å²) in [6.07, 6.45) is 1.57. The van der Waals surface area contributed by atoms with Crippen molar-refractivity contribution in [1.82, 2.24) is 5.43 Å². The summed E-state index contributed by atoms with van der Waals surface area (Å²) in [5.41, 5.74) is 4.76. The quantitative estimate of drug-likeness (QED) is 0.668. The molecule has 0 unspecified atom stereocenters. The van der Waals surface area contributed by atoms with Gasteiger partial charge in [-0.2, -0.15) is 5.10 Å². The van der Waals surface area contributed by atoms with E-state index in [0.717, 1.165) is 11.3 Å². The summed E-state index contributed by atoms with van der Waals surface area (Å²) in [6, 6.07) is 13.9. The van der Waals surface area contributed by atoms with Gasteiger partial charge in [0.15, 0.2) is 0 Å². The molecule has 5 heteroatoms. The average molecular weight is 283 g/mol. The van der Waals surface area contributed by atoms with Crippen molar-refractivity contribution in [1.29, 1.82) is 0 Å². The third-order valence-corrected chi connectivity index (χ3v) is 2.90. The first-order valence-corrected chi connectivity index (χ1v) is 6.46. The Hall–Kier alpha value is -2.82. The zero-order valence-electron chi connectivity index (χ0n) is 11.9. The number of carbonyl (C=O) groups is 1. The molecule has 0 fully saturated rings. The number of phenolic OH excluding ortho intramolecular Hbond substituents is 1. The van der Waals surface area contributed by atoms with Crippen molar-refractivity contribution in [3.8, 4) is 5.75 Å². The second-order valence-corrected chi connectivity index (χ2v) is 4.74. The number of rotatable bonds is 4. The highest BCUT2D eigenvalue weighted by Crippen LogP contribution is 2.11. The molecular weight excluding hydrogens is 266 g/mol. The molecule has 5 nitrogen and oxygen atoms in total. The molecule has 0 spiro atoms. The Labute approximate surface area is 123 Å². The zero-order chi connectivity index (χ0) is 15.2. The van der Waals surface area contributed by atoms with Crippen molar-refractivity contribution in [2.24, 2.45) is 5.10 Å². The van der Waals surface area contributed by atoms with E-state index in [-0.39, 0.29) is 11.7 Å². The van der Waals surface area contributed by atoms with Gasteiger partial charge in [-0.15, -0.1) is 0 Å². The van der Waals surface area contributed by atoms with Gasteiger partial charge in [-0.3, -0.25) is 4.79 Å². The van der Waals surface area contributed by atoms with E-state index in [2.05, 4.69) is 10.5 Å². The maximum atomic E-state index is 11.8. The monoisotopic (exact) mass is 283 g/mol. The molecule has 2 N–H and O–H groups in total. The van der Waals surface area contributed by atoms with Crippen molar-refractivity contribution in [2.75, 3.05) is 19.0 Å². The van der Waals surface area contributed by atoms with E-state index in [1.165, 1.54) is 12.1 Å². The molecule has 0 radical (unpaired) electrons. The fourth-order valence-electron chi connectivity index (χ4n) is 1.74. The maximum absolute atomic E-state index is 11.8. The van der Waals surface area contributed by atoms with Crippen LogP contribution in [0.1, 0.15) is 15.9 Å². The summed E-state index contributed by atoms with van der Waals surface area (Å²) in [6.45, 7) is 0. The van der Waals surface area contributed by atoms with Crippen LogP contribution in [0.25, 0.3) is 0 Å². The van der Waals surface area contributed by atoms with Crippen LogP contribution < -0.4 is 10.3 Å². The highest BCUT2D eigenvalue weighted by molar-refractivity contribution is 5.95. The number of carbonyl (C=O) groups excluding carboxylic acids is 1. The van der Waals surface area contributed by atoms with Crippen molar-refractivity contribution >= 4 is 17.8 Å². The van der Waals surface area contributed by atoms with Gasteiger partial charge in [0.1, 0.15) is 5.75 Å². The summed E-state index contributed by atoms with van der Waals surface area (Å²) in [4.78, 5) is 13.8. The van der Waals surface area contributed by atoms with E-state index in [1.54, 1.807) is 18.3 Å². The Balaban J connectivity index is 1.97. The van der Waals surface area contributed by atoms with Crippen molar-refractivity contribution in [3.05, 3.63) is 59.7 Å². The SMILES string of the molecule is CN(C)c1ccc(/C=N/NC(=O)c2cccc(O)c2)cc1. The summed E-state index contributed by atoms with van der Waals surface area (Å²) in [7, 11) is 3.94. The Bertz CT molecular complexity index is 649. The molecule has 0 bridgehead atoms. The molecule has 1 amide bonds. The number of hydrazone groups is 1. The van der Waals surface area contributed by atoms with E-state index in [1.807, 2.05) is 43.3 Å². The smallest absolute Gasteiger partial charge is 0.271 e. The van der Waals surface area contributed by atoms with Crippen LogP contribution in [-0.4, -0.2) is 31.3 Å². The van der Waals surface area contributed by atoms with Gasteiger partial charge < -0.3 is 10.0 Å². The van der Waals surface area contributed by atoms with Crippen LogP contribution in [0.3, 0.4) is 0 Å². The van der Waals surface area contributed by atoms with Gasteiger partial charge in [0, 0.05) is 25.3 Å². The Morgan fingerprint density at radius 2 is 1.90 bits per heavy atom. The van der Waals surface area contributed by atoms with Gasteiger partial charge in [0.25, 0.3) is 5.91 Å². The molecule has 2 aromatic carbocycles. The maximum Gasteiger partial charge on any atom is 0.271 e. The molecule has 2 rings (SSSR count). The van der Waals surface area contributed by atoms with E-state index in [9.17, 15) is 9.90 Å². The third-order valence-electron chi connectivity index (χ3n) is 2.90. The highest BCUT2D eigenvalue weighted by atomic mass is 16.3. The lowest BCUT2D eigenvalue weighted by Gasteiger charge is -2.11. The van der Waals surface area contributed by atoms with Gasteiger partial charge in [0.2, 0.25) is 0 Å². The second kappa shape index (κ2) is 6.56. The third kappa shape index (κ3) is 4.07. The van der Waals surface area contributed by atoms with E-state index in [4.69, 9.17) is 0 Å². The fraction of sp³-hybridized carbons (Fsp3) is 0.125. The number of hydrogen-bond donors (Lipinski definition) is 2. The van der Waals surface area contributed by atoms with Crippen molar-refractivity contribution in [2.45, 2.75) is 0 Å². The summed E-state index contributed by atoms with van der Waals surface area (Å²) in [5, 5.41) is 13.2. The second-order valence-electron chi connectivity index (χ2n) is 4.74. The number of anilines is 1. The van der Waals surface area contributed by atoms with Crippen molar-refractivity contribution < 1.29 is 9.90 Å². The first kappa shape index (κ1) is 14.6. The molecular formula is C16H17N3O2. The molecule has 0 aliphatic carbocycles. The molecule has 0 saturated heterocycles. The molecule has 2 aromatic rings. The van der Waals surface area contributed by atoms with Gasteiger partial charge >= 0.3 is 0 Å². The minimum atomic E-state index is -0.368. The largest absolute Gasteiger partial charge is 0.508 e. The number of nitrogens with one attached hydrogen (secondary N) is 1. The lowest BCUT2D eigenvalue weighted by molar-refractivity contribution is 0.0954. The number of hydrogen-bond acceptors (Lipinski definition) is 4. The van der Waals surface area contributed by atoms with Crippen molar-refractivity contribution in [3.63, 3.8) is 0 Å². The predicted octanol–water partition coefficient (Wildman–Crippen LogP) is 2.22. The number of phenols is 1. The zero-order valence-corrected chi connectivity index (χ0v) is 11.9. The van der Waals surface area contributed by atoms with Crippen LogP contribution in [0.5, 0.6) is 5.75 Å². The van der Waals surface area contributed by atoms with Crippen LogP contribution in [0, 0.1) is 0 Å². The molecule has 108 valence electrons. The molecule has 0 heterocycles. The van der Waals surface area contributed by atoms with Crippen LogP contribution >= 0.6 is 0 Å². The molecule has 21 heavy (non-hydrogen) atoms. The first-order valence-electron chi connectivity index (χ1n) is 6.46. The number of nitrogens with zero attached hydrogens (tertiary/aromatic N) is 2. The molecule has 0 aromatic heterocycles. The van der Waals surface area contributed by atoms with E-state index in [0.29, 0.717) is 5.56 Å². The Morgan fingerprint density at radius 1 is 1.19 bits per heavy atom. The van der Waals surface area contributed by atoms with Crippen LogP contribution in [0.15, 0.2) is 53.6 Å². The standard InChI is InChI=1S/C16H17N3O2/c1-19(2)14-8-6-12(7-9-14)11-17-18-16(21)13-4-3-5-15(20)10-13/h3-11,20H,1-2H3,(H,18,21)/b17-11+. The number of amides is 1. The minimum Gasteiger partial charge on any atom is -0.508 e. The summed E-state index contributed by atoms with van der Waals surface area (Å²) >= 11 is 0. The summed E-state index contributed by atoms with van der Waals surface area (Å²) in [5.74, 6) is -0.321. The van der Waals surface area contributed by atoms with Crippen LogP contribution in [0.4, 0.5) is 5.69 Å². The Kier molecular flexibility index (Phi) is 4.56. The Morgan fingerprint density at radius 3 is 2.52 bits per heavy atom. The molecule has 0 aliphatic heterocycles. The lowest BCUT2D eigenvalue weighted by atomic mass is 10.2. The van der Waals surface area contributed by atoms with Gasteiger partial charge in [-0.05, 0) is 35.9 Å². The summed E-state index contributed by atoms with van der Waals surface area (Å²) < 4.78 is 0. The van der Waals surface area contributed by atoms with Crippen LogP contribution in [-0.2, 0) is 0 Å². The molecule has 0 saturated carbocycles. The average Bonchev–Trinajstić information content (AvgIpc) is 2.47. The van der Waals surface area contributed by atoms with Crippen LogP contribution in [0.2, 0.25) is 0 Å². The van der Waals surface area contributed by atoms with Gasteiger partial charge in [0.05, 0.1) is 6.21 Å². The van der Waals surface area contributed by atoms with Gasteiger partial charge in [-0.1, -0.05) is 18.2 Å². The van der Waals surface area contributed by atoms with E-state index < -0.39 is 0 Å². The lowest BCUT2D eigenvalue weighted by Crippen LogP contribution is -2.17.